The number of hydrogen-bond donors (Lipinski definition) is 3. The standard InChI is InChI=1S/C18H23N3O2/c1-3-19-18(23)15-9-10-17(20-12-15)21-13(2)16(22)11-14-7-5-4-6-8-14/h4-10,12-13,16,22H,3,11H2,1-2H3,(H,19,23)(H,20,21). The van der Waals surface area contributed by atoms with E-state index in [1.165, 1.54) is 6.20 Å². The fourth-order valence-electron chi connectivity index (χ4n) is 2.24. The lowest BCUT2D eigenvalue weighted by Gasteiger charge is -2.21. The van der Waals surface area contributed by atoms with Crippen LogP contribution in [-0.2, 0) is 6.42 Å². The first-order valence-corrected chi connectivity index (χ1v) is 7.83. The van der Waals surface area contributed by atoms with Gasteiger partial charge in [-0.15, -0.1) is 0 Å². The Bertz CT molecular complexity index is 614. The first-order valence-electron chi connectivity index (χ1n) is 7.83. The van der Waals surface area contributed by atoms with Crippen LogP contribution in [-0.4, -0.2) is 34.7 Å². The number of carbonyl (C=O) groups excluding carboxylic acids is 1. The van der Waals surface area contributed by atoms with E-state index in [-0.39, 0.29) is 11.9 Å². The van der Waals surface area contributed by atoms with Gasteiger partial charge in [-0.2, -0.15) is 0 Å². The Hall–Kier alpha value is -2.40. The largest absolute Gasteiger partial charge is 0.391 e. The number of carbonyl (C=O) groups is 1. The Morgan fingerprint density at radius 1 is 1.22 bits per heavy atom. The van der Waals surface area contributed by atoms with Crippen molar-refractivity contribution in [3.63, 3.8) is 0 Å². The molecule has 0 saturated heterocycles. The zero-order valence-corrected chi connectivity index (χ0v) is 13.5. The number of rotatable bonds is 7. The second-order valence-corrected chi connectivity index (χ2v) is 5.48. The van der Waals surface area contributed by atoms with Crippen molar-refractivity contribution >= 4 is 11.7 Å². The van der Waals surface area contributed by atoms with E-state index in [9.17, 15) is 9.90 Å². The maximum absolute atomic E-state index is 11.7. The summed E-state index contributed by atoms with van der Waals surface area (Å²) in [6.07, 6.45) is 1.58. The van der Waals surface area contributed by atoms with Crippen molar-refractivity contribution in [1.82, 2.24) is 10.3 Å². The molecule has 5 heteroatoms. The van der Waals surface area contributed by atoms with Crippen molar-refractivity contribution in [2.45, 2.75) is 32.4 Å². The van der Waals surface area contributed by atoms with Crippen LogP contribution in [0.15, 0.2) is 48.7 Å². The second-order valence-electron chi connectivity index (χ2n) is 5.48. The first-order chi connectivity index (χ1) is 11.1. The summed E-state index contributed by atoms with van der Waals surface area (Å²) in [7, 11) is 0. The number of pyridine rings is 1. The van der Waals surface area contributed by atoms with Gasteiger partial charge in [-0.3, -0.25) is 4.79 Å². The molecule has 0 aliphatic rings. The molecule has 5 nitrogen and oxygen atoms in total. The number of aliphatic hydroxyl groups excluding tert-OH is 1. The number of aromatic nitrogens is 1. The number of benzene rings is 1. The smallest absolute Gasteiger partial charge is 0.252 e. The van der Waals surface area contributed by atoms with Gasteiger partial charge in [0.2, 0.25) is 0 Å². The molecule has 0 fully saturated rings. The monoisotopic (exact) mass is 313 g/mol. The number of anilines is 1. The fourth-order valence-corrected chi connectivity index (χ4v) is 2.24. The van der Waals surface area contributed by atoms with Crippen LogP contribution >= 0.6 is 0 Å². The summed E-state index contributed by atoms with van der Waals surface area (Å²) in [6.45, 7) is 4.37. The van der Waals surface area contributed by atoms with Crippen molar-refractivity contribution in [2.24, 2.45) is 0 Å². The van der Waals surface area contributed by atoms with Crippen LogP contribution in [0.4, 0.5) is 5.82 Å². The van der Waals surface area contributed by atoms with Crippen LogP contribution < -0.4 is 10.6 Å². The second kappa shape index (κ2) is 8.29. The van der Waals surface area contributed by atoms with Gasteiger partial charge < -0.3 is 15.7 Å². The van der Waals surface area contributed by atoms with Crippen molar-refractivity contribution < 1.29 is 9.90 Å². The molecule has 3 N–H and O–H groups in total. The predicted octanol–water partition coefficient (Wildman–Crippen LogP) is 2.24. The highest BCUT2D eigenvalue weighted by molar-refractivity contribution is 5.93. The maximum atomic E-state index is 11.7. The van der Waals surface area contributed by atoms with Gasteiger partial charge in [0.15, 0.2) is 0 Å². The van der Waals surface area contributed by atoms with Gasteiger partial charge in [0.05, 0.1) is 17.7 Å². The SMILES string of the molecule is CCNC(=O)c1ccc(NC(C)C(O)Cc2ccccc2)nc1. The van der Waals surface area contributed by atoms with Crippen LogP contribution in [0.1, 0.15) is 29.8 Å². The molecule has 0 radical (unpaired) electrons. The lowest BCUT2D eigenvalue weighted by molar-refractivity contribution is 0.0955. The van der Waals surface area contributed by atoms with E-state index in [0.717, 1.165) is 5.56 Å². The summed E-state index contributed by atoms with van der Waals surface area (Å²) in [5.74, 6) is 0.501. The lowest BCUT2D eigenvalue weighted by Crippen LogP contribution is -2.32. The molecule has 122 valence electrons. The fraction of sp³-hybridized carbons (Fsp3) is 0.333. The van der Waals surface area contributed by atoms with Crippen molar-refractivity contribution in [3.8, 4) is 0 Å². The molecule has 1 heterocycles. The molecule has 0 saturated carbocycles. The first kappa shape index (κ1) is 17.0. The van der Waals surface area contributed by atoms with Gasteiger partial charge >= 0.3 is 0 Å². The Balaban J connectivity index is 1.91. The Morgan fingerprint density at radius 3 is 2.57 bits per heavy atom. The van der Waals surface area contributed by atoms with Crippen molar-refractivity contribution in [2.75, 3.05) is 11.9 Å². The summed E-state index contributed by atoms with van der Waals surface area (Å²) in [5.41, 5.74) is 1.61. The van der Waals surface area contributed by atoms with Gasteiger partial charge in [-0.25, -0.2) is 4.98 Å². The van der Waals surface area contributed by atoms with E-state index in [1.54, 1.807) is 12.1 Å². The average molecular weight is 313 g/mol. The van der Waals surface area contributed by atoms with Crippen molar-refractivity contribution in [3.05, 3.63) is 59.8 Å². The minimum atomic E-state index is -0.526. The third-order valence-electron chi connectivity index (χ3n) is 3.60. The van der Waals surface area contributed by atoms with Gasteiger partial charge in [-0.1, -0.05) is 30.3 Å². The highest BCUT2D eigenvalue weighted by Gasteiger charge is 2.15. The van der Waals surface area contributed by atoms with Crippen LogP contribution in [0.2, 0.25) is 0 Å². The zero-order valence-electron chi connectivity index (χ0n) is 13.5. The predicted molar refractivity (Wildman–Crippen MR) is 91.5 cm³/mol. The van der Waals surface area contributed by atoms with E-state index >= 15 is 0 Å². The van der Waals surface area contributed by atoms with E-state index in [2.05, 4.69) is 15.6 Å². The third-order valence-corrected chi connectivity index (χ3v) is 3.60. The van der Waals surface area contributed by atoms with Gasteiger partial charge in [0.1, 0.15) is 5.82 Å². The molecule has 2 atom stereocenters. The molecule has 1 aromatic heterocycles. The summed E-state index contributed by atoms with van der Waals surface area (Å²) >= 11 is 0. The number of amides is 1. The maximum Gasteiger partial charge on any atom is 0.252 e. The summed E-state index contributed by atoms with van der Waals surface area (Å²) in [5, 5.41) is 16.2. The summed E-state index contributed by atoms with van der Waals surface area (Å²) in [6, 6.07) is 13.2. The molecule has 0 aliphatic carbocycles. The lowest BCUT2D eigenvalue weighted by atomic mass is 10.0. The molecule has 1 aromatic carbocycles. The number of aliphatic hydroxyl groups is 1. The van der Waals surface area contributed by atoms with Crippen LogP contribution in [0, 0.1) is 0 Å². The molecule has 2 aromatic rings. The highest BCUT2D eigenvalue weighted by Crippen LogP contribution is 2.11. The Labute approximate surface area is 136 Å². The molecule has 2 rings (SSSR count). The van der Waals surface area contributed by atoms with Gasteiger partial charge in [0.25, 0.3) is 5.91 Å². The number of hydrogen-bond acceptors (Lipinski definition) is 4. The molecular formula is C18H23N3O2. The number of nitrogens with zero attached hydrogens (tertiary/aromatic N) is 1. The molecule has 0 aliphatic heterocycles. The third kappa shape index (κ3) is 5.07. The molecule has 1 amide bonds. The Morgan fingerprint density at radius 2 is 1.96 bits per heavy atom. The Kier molecular flexibility index (Phi) is 6.11. The molecular weight excluding hydrogens is 290 g/mol. The van der Waals surface area contributed by atoms with Crippen LogP contribution in [0.25, 0.3) is 0 Å². The summed E-state index contributed by atoms with van der Waals surface area (Å²) in [4.78, 5) is 15.9. The van der Waals surface area contributed by atoms with E-state index in [1.807, 2.05) is 44.2 Å². The van der Waals surface area contributed by atoms with E-state index in [0.29, 0.717) is 24.3 Å². The average Bonchev–Trinajstić information content (AvgIpc) is 2.56. The number of nitrogens with one attached hydrogen (secondary N) is 2. The topological polar surface area (TPSA) is 74.2 Å². The normalized spacial score (nSPS) is 13.2. The minimum Gasteiger partial charge on any atom is -0.391 e. The van der Waals surface area contributed by atoms with Crippen molar-refractivity contribution in [1.29, 1.82) is 0 Å². The zero-order chi connectivity index (χ0) is 16.7. The summed E-state index contributed by atoms with van der Waals surface area (Å²) < 4.78 is 0. The molecule has 23 heavy (non-hydrogen) atoms. The van der Waals surface area contributed by atoms with Gasteiger partial charge in [0, 0.05) is 19.2 Å². The minimum absolute atomic E-state index is 0.135. The van der Waals surface area contributed by atoms with E-state index < -0.39 is 6.10 Å². The molecule has 0 bridgehead atoms. The van der Waals surface area contributed by atoms with Crippen LogP contribution in [0.3, 0.4) is 0 Å². The van der Waals surface area contributed by atoms with Crippen LogP contribution in [0.5, 0.6) is 0 Å². The van der Waals surface area contributed by atoms with Gasteiger partial charge in [-0.05, 0) is 31.5 Å². The molecule has 0 spiro atoms. The highest BCUT2D eigenvalue weighted by atomic mass is 16.3. The molecule has 2 unspecified atom stereocenters. The quantitative estimate of drug-likeness (QED) is 0.733. The van der Waals surface area contributed by atoms with E-state index in [4.69, 9.17) is 0 Å².